The number of Topliss-reactive ketones (excluding diaryl/α,β-unsaturated/α-hetero) is 1. The lowest BCUT2D eigenvalue weighted by Gasteiger charge is -2.38. The Morgan fingerprint density at radius 3 is 1.69 bits per heavy atom. The Morgan fingerprint density at radius 2 is 1.17 bits per heavy atom. The van der Waals surface area contributed by atoms with E-state index in [4.69, 9.17) is 4.99 Å². The van der Waals surface area contributed by atoms with Gasteiger partial charge in [0.15, 0.2) is 0 Å². The summed E-state index contributed by atoms with van der Waals surface area (Å²) in [6, 6.07) is 9.57. The number of carbonyl (C=O) groups excluding carboxylic acids is 1. The standard InChI is InChI=1S/C46H75NO/c1-5-7-8-9-10-11-12-13-14-15-16-17-19-37-22-24-38(25-23-37)20-18-21-39-26-28-41(29-27-39)46(48)42-32-30-40(31-33-42)45-43(6-2)44(36(3)4)34-35-47-45/h22-25,34-36,39-44H,5-21,26-33H2,1-4H3. The maximum Gasteiger partial charge on any atom is 0.139 e. The Kier molecular flexibility index (Phi) is 18.1. The van der Waals surface area contributed by atoms with Gasteiger partial charge in [0.1, 0.15) is 5.78 Å². The number of hydrogen-bond acceptors (Lipinski definition) is 2. The molecule has 2 heteroatoms. The number of carbonyl (C=O) groups is 1. The fourth-order valence-electron chi connectivity index (χ4n) is 9.61. The highest BCUT2D eigenvalue weighted by molar-refractivity contribution is 5.91. The lowest BCUT2D eigenvalue weighted by Crippen LogP contribution is -2.36. The van der Waals surface area contributed by atoms with Crippen LogP contribution in [0, 0.1) is 41.4 Å². The molecule has 3 aliphatic rings. The first-order chi connectivity index (χ1) is 23.5. The maximum absolute atomic E-state index is 13.6. The second-order valence-electron chi connectivity index (χ2n) is 16.7. The predicted octanol–water partition coefficient (Wildman–Crippen LogP) is 13.7. The van der Waals surface area contributed by atoms with Crippen molar-refractivity contribution >= 4 is 11.5 Å². The quantitative estimate of drug-likeness (QED) is 0.114. The number of rotatable bonds is 22. The van der Waals surface area contributed by atoms with Crippen LogP contribution in [-0.4, -0.2) is 11.5 Å². The van der Waals surface area contributed by atoms with Gasteiger partial charge in [0, 0.05) is 29.7 Å². The van der Waals surface area contributed by atoms with E-state index in [-0.39, 0.29) is 0 Å². The van der Waals surface area contributed by atoms with Crippen LogP contribution >= 0.6 is 0 Å². The van der Waals surface area contributed by atoms with Gasteiger partial charge in [0.05, 0.1) is 0 Å². The zero-order valence-electron chi connectivity index (χ0n) is 32.0. The molecule has 270 valence electrons. The van der Waals surface area contributed by atoms with Crippen molar-refractivity contribution in [1.82, 2.24) is 0 Å². The number of ketones is 1. The zero-order valence-corrected chi connectivity index (χ0v) is 32.0. The number of unbranched alkanes of at least 4 members (excludes halogenated alkanes) is 11. The molecular weight excluding hydrogens is 583 g/mol. The molecule has 2 saturated carbocycles. The van der Waals surface area contributed by atoms with Crippen molar-refractivity contribution in [3.8, 4) is 0 Å². The molecule has 1 aromatic carbocycles. The molecule has 0 saturated heterocycles. The van der Waals surface area contributed by atoms with Crippen LogP contribution in [0.25, 0.3) is 0 Å². The summed E-state index contributed by atoms with van der Waals surface area (Å²) in [6.07, 6.45) is 37.0. The first-order valence-corrected chi connectivity index (χ1v) is 21.4. The Labute approximate surface area is 297 Å². The molecule has 0 N–H and O–H groups in total. The molecule has 1 aliphatic heterocycles. The largest absolute Gasteiger partial charge is 0.299 e. The minimum Gasteiger partial charge on any atom is -0.299 e. The number of allylic oxidation sites excluding steroid dienone is 1. The van der Waals surface area contributed by atoms with Crippen LogP contribution in [0.5, 0.6) is 0 Å². The van der Waals surface area contributed by atoms with Crippen LogP contribution in [0.15, 0.2) is 41.5 Å². The Bertz CT molecular complexity index is 1070. The minimum atomic E-state index is 0.311. The molecule has 1 heterocycles. The van der Waals surface area contributed by atoms with E-state index in [2.05, 4.69) is 64.2 Å². The summed E-state index contributed by atoms with van der Waals surface area (Å²) in [6.45, 7) is 9.33. The van der Waals surface area contributed by atoms with Crippen molar-refractivity contribution < 1.29 is 4.79 Å². The molecule has 0 aromatic heterocycles. The van der Waals surface area contributed by atoms with Gasteiger partial charge >= 0.3 is 0 Å². The molecule has 4 rings (SSSR count). The fourth-order valence-corrected chi connectivity index (χ4v) is 9.61. The third-order valence-electron chi connectivity index (χ3n) is 12.8. The molecule has 2 nitrogen and oxygen atoms in total. The van der Waals surface area contributed by atoms with Crippen molar-refractivity contribution in [3.63, 3.8) is 0 Å². The SMILES string of the molecule is CCCCCCCCCCCCCCc1ccc(CCCC2CCC(C(=O)C3CCC(C4=NC=CC(C(C)C)C4CC)CC3)CC2)cc1. The summed E-state index contributed by atoms with van der Waals surface area (Å²) in [7, 11) is 0. The summed E-state index contributed by atoms with van der Waals surface area (Å²) in [5.74, 6) is 4.56. The smallest absolute Gasteiger partial charge is 0.139 e. The number of aryl methyl sites for hydroxylation is 2. The topological polar surface area (TPSA) is 29.4 Å². The summed E-state index contributed by atoms with van der Waals surface area (Å²) in [4.78, 5) is 18.5. The summed E-state index contributed by atoms with van der Waals surface area (Å²) >= 11 is 0. The van der Waals surface area contributed by atoms with E-state index < -0.39 is 0 Å². The zero-order chi connectivity index (χ0) is 34.0. The number of hydrogen-bond donors (Lipinski definition) is 0. The lowest BCUT2D eigenvalue weighted by molar-refractivity contribution is -0.129. The van der Waals surface area contributed by atoms with Gasteiger partial charge in [-0.25, -0.2) is 0 Å². The lowest BCUT2D eigenvalue weighted by atomic mass is 9.68. The highest BCUT2D eigenvalue weighted by atomic mass is 16.1. The molecule has 2 fully saturated rings. The molecule has 1 aromatic rings. The van der Waals surface area contributed by atoms with E-state index in [0.29, 0.717) is 41.3 Å². The molecule has 2 unspecified atom stereocenters. The number of benzene rings is 1. The molecule has 0 spiro atoms. The second-order valence-corrected chi connectivity index (χ2v) is 16.7. The van der Waals surface area contributed by atoms with Gasteiger partial charge in [-0.05, 0) is 118 Å². The molecule has 2 atom stereocenters. The van der Waals surface area contributed by atoms with Crippen LogP contribution < -0.4 is 0 Å². The molecule has 0 bridgehead atoms. The van der Waals surface area contributed by atoms with Crippen molar-refractivity contribution in [2.75, 3.05) is 0 Å². The van der Waals surface area contributed by atoms with Crippen LogP contribution in [0.2, 0.25) is 0 Å². The summed E-state index contributed by atoms with van der Waals surface area (Å²) in [5, 5.41) is 0. The van der Waals surface area contributed by atoms with Crippen LogP contribution in [0.3, 0.4) is 0 Å². The van der Waals surface area contributed by atoms with Gasteiger partial charge in [-0.1, -0.05) is 135 Å². The van der Waals surface area contributed by atoms with E-state index in [1.807, 2.05) is 0 Å². The van der Waals surface area contributed by atoms with E-state index in [9.17, 15) is 4.79 Å². The van der Waals surface area contributed by atoms with E-state index in [1.54, 1.807) is 0 Å². The summed E-state index contributed by atoms with van der Waals surface area (Å²) < 4.78 is 0. The molecule has 48 heavy (non-hydrogen) atoms. The predicted molar refractivity (Wildman–Crippen MR) is 209 cm³/mol. The van der Waals surface area contributed by atoms with Gasteiger partial charge in [-0.3, -0.25) is 9.79 Å². The summed E-state index contributed by atoms with van der Waals surface area (Å²) in [5.41, 5.74) is 4.48. The number of nitrogens with zero attached hydrogens (tertiary/aromatic N) is 1. The Morgan fingerprint density at radius 1 is 0.667 bits per heavy atom. The molecule has 0 radical (unpaired) electrons. The molecular formula is C46H75NO. The monoisotopic (exact) mass is 658 g/mol. The van der Waals surface area contributed by atoms with E-state index >= 15 is 0 Å². The van der Waals surface area contributed by atoms with E-state index in [1.165, 1.54) is 152 Å². The van der Waals surface area contributed by atoms with Gasteiger partial charge in [-0.2, -0.15) is 0 Å². The van der Waals surface area contributed by atoms with E-state index in [0.717, 1.165) is 31.6 Å². The minimum absolute atomic E-state index is 0.311. The van der Waals surface area contributed by atoms with Gasteiger partial charge < -0.3 is 0 Å². The average molecular weight is 658 g/mol. The number of aliphatic imine (C=N–C) groups is 1. The third kappa shape index (κ3) is 12.9. The maximum atomic E-state index is 13.6. The Balaban J connectivity index is 1.03. The average Bonchev–Trinajstić information content (AvgIpc) is 3.12. The molecule has 2 aliphatic carbocycles. The van der Waals surface area contributed by atoms with Gasteiger partial charge in [0.2, 0.25) is 0 Å². The van der Waals surface area contributed by atoms with Crippen molar-refractivity contribution in [2.45, 2.75) is 188 Å². The van der Waals surface area contributed by atoms with Gasteiger partial charge in [0.25, 0.3) is 0 Å². The van der Waals surface area contributed by atoms with Crippen LogP contribution in [-0.2, 0) is 17.6 Å². The molecule has 0 amide bonds. The highest BCUT2D eigenvalue weighted by Gasteiger charge is 2.37. The Hall–Kier alpha value is -1.70. The van der Waals surface area contributed by atoms with Gasteiger partial charge in [-0.15, -0.1) is 0 Å². The van der Waals surface area contributed by atoms with Crippen LogP contribution in [0.4, 0.5) is 0 Å². The fraction of sp³-hybridized carbons (Fsp3) is 0.783. The normalized spacial score (nSPS) is 26.1. The first-order valence-electron chi connectivity index (χ1n) is 21.4. The van der Waals surface area contributed by atoms with Crippen molar-refractivity contribution in [1.29, 1.82) is 0 Å². The van der Waals surface area contributed by atoms with Crippen LogP contribution in [0.1, 0.15) is 187 Å². The van der Waals surface area contributed by atoms with Crippen molar-refractivity contribution in [3.05, 3.63) is 47.7 Å². The van der Waals surface area contributed by atoms with Crippen molar-refractivity contribution in [2.24, 2.45) is 46.4 Å². The first kappa shape index (κ1) is 39.1. The highest BCUT2D eigenvalue weighted by Crippen LogP contribution is 2.41. The second kappa shape index (κ2) is 22.2. The third-order valence-corrected chi connectivity index (χ3v) is 12.8.